The van der Waals surface area contributed by atoms with E-state index in [1.165, 1.54) is 55.7 Å². The normalized spacial score (nSPS) is 11.6. The second kappa shape index (κ2) is 16.8. The van der Waals surface area contributed by atoms with Gasteiger partial charge in [-0.15, -0.1) is 0 Å². The number of methoxy groups -OCH3 is 1. The molecule has 4 aromatic rings. The fourth-order valence-corrected chi connectivity index (χ4v) is 4.77. The van der Waals surface area contributed by atoms with E-state index in [-0.39, 0.29) is 40.4 Å². The van der Waals surface area contributed by atoms with Crippen LogP contribution < -0.4 is 10.1 Å². The Morgan fingerprint density at radius 3 is 2.35 bits per heavy atom. The van der Waals surface area contributed by atoms with Crippen molar-refractivity contribution >= 4 is 29.4 Å². The number of carboxylic acid groups (broad SMARTS) is 1. The second-order valence-corrected chi connectivity index (χ2v) is 11.0. The number of amides is 2. The van der Waals surface area contributed by atoms with Crippen molar-refractivity contribution in [3.8, 4) is 11.4 Å². The molecule has 11 nitrogen and oxygen atoms in total. The average Bonchev–Trinajstić information content (AvgIpc) is 3.65. The van der Waals surface area contributed by atoms with E-state index in [1.54, 1.807) is 60.4 Å². The number of carbonyl (C=O) groups excluding carboxylic acids is 3. The first-order chi connectivity index (χ1) is 24.3. The van der Waals surface area contributed by atoms with Gasteiger partial charge in [-0.3, -0.25) is 14.4 Å². The van der Waals surface area contributed by atoms with Crippen molar-refractivity contribution in [2.75, 3.05) is 25.5 Å². The van der Waals surface area contributed by atoms with Crippen LogP contribution >= 0.6 is 0 Å². The van der Waals surface area contributed by atoms with E-state index >= 15 is 0 Å². The standard InChI is InChI=1S/C37H33F3N4O7/c1-4-30(51-36(49)27-7-5-8-29(19-27)44-18-6-17-41-44)15-9-24(2)22-43(23-34(46)47)35(48)25-10-13-28(14-11-25)42-33(45)20-26-12-16-31(50-3)21-32(26)37(38,39)40/h4-19,21H,2,20,22-23H2,1,3H3,(H,42,45)(H,46,47)/b15-9-,30-4+. The molecule has 0 bridgehead atoms. The number of aliphatic carboxylic acids is 1. The van der Waals surface area contributed by atoms with Gasteiger partial charge in [0.1, 0.15) is 18.1 Å². The van der Waals surface area contributed by atoms with Crippen LogP contribution in [0.3, 0.4) is 0 Å². The summed E-state index contributed by atoms with van der Waals surface area (Å²) in [5, 5.41) is 16.1. The Morgan fingerprint density at radius 1 is 0.980 bits per heavy atom. The van der Waals surface area contributed by atoms with Crippen molar-refractivity contribution in [3.05, 3.63) is 144 Å². The van der Waals surface area contributed by atoms with E-state index in [1.807, 2.05) is 0 Å². The van der Waals surface area contributed by atoms with Gasteiger partial charge in [-0.1, -0.05) is 24.8 Å². The maximum atomic E-state index is 13.5. The average molecular weight is 703 g/mol. The van der Waals surface area contributed by atoms with Crippen LogP contribution in [0.2, 0.25) is 0 Å². The van der Waals surface area contributed by atoms with Crippen LogP contribution in [0.25, 0.3) is 5.69 Å². The molecule has 2 amide bonds. The number of hydrogen-bond donors (Lipinski definition) is 2. The predicted molar refractivity (Wildman–Crippen MR) is 181 cm³/mol. The minimum Gasteiger partial charge on any atom is -0.497 e. The molecule has 1 heterocycles. The van der Waals surface area contributed by atoms with Gasteiger partial charge in [-0.25, -0.2) is 9.48 Å². The minimum atomic E-state index is -4.70. The summed E-state index contributed by atoms with van der Waals surface area (Å²) < 4.78 is 52.6. The molecule has 14 heteroatoms. The van der Waals surface area contributed by atoms with E-state index in [0.717, 1.165) is 11.0 Å². The maximum absolute atomic E-state index is 13.5. The molecule has 0 aliphatic heterocycles. The Kier molecular flexibility index (Phi) is 12.3. The van der Waals surface area contributed by atoms with Crippen LogP contribution in [0, 0.1) is 0 Å². The molecule has 0 spiro atoms. The van der Waals surface area contributed by atoms with Crippen LogP contribution in [0.1, 0.15) is 38.8 Å². The lowest BCUT2D eigenvalue weighted by molar-refractivity contribution is -0.139. The van der Waals surface area contributed by atoms with Gasteiger partial charge in [-0.2, -0.15) is 18.3 Å². The first-order valence-electron chi connectivity index (χ1n) is 15.3. The highest BCUT2D eigenvalue weighted by Gasteiger charge is 2.34. The molecule has 0 fully saturated rings. The first kappa shape index (κ1) is 37.4. The van der Waals surface area contributed by atoms with Crippen LogP contribution in [-0.4, -0.2) is 63.7 Å². The van der Waals surface area contributed by atoms with Crippen LogP contribution in [0.4, 0.5) is 18.9 Å². The summed E-state index contributed by atoms with van der Waals surface area (Å²) in [5.74, 6) is -3.11. The number of anilines is 1. The van der Waals surface area contributed by atoms with Gasteiger partial charge in [0.15, 0.2) is 0 Å². The topological polar surface area (TPSA) is 140 Å². The Labute approximate surface area is 290 Å². The number of carbonyl (C=O) groups is 4. The maximum Gasteiger partial charge on any atom is 0.416 e. The number of nitrogens with one attached hydrogen (secondary N) is 1. The van der Waals surface area contributed by atoms with Crippen LogP contribution in [0.5, 0.6) is 5.75 Å². The molecule has 2 N–H and O–H groups in total. The van der Waals surface area contributed by atoms with E-state index in [4.69, 9.17) is 9.47 Å². The van der Waals surface area contributed by atoms with E-state index in [2.05, 4.69) is 17.0 Å². The molecule has 0 saturated carbocycles. The summed E-state index contributed by atoms with van der Waals surface area (Å²) >= 11 is 0. The van der Waals surface area contributed by atoms with E-state index in [9.17, 15) is 37.5 Å². The summed E-state index contributed by atoms with van der Waals surface area (Å²) in [6.45, 7) is 4.70. The summed E-state index contributed by atoms with van der Waals surface area (Å²) in [6.07, 6.45) is 2.56. The third-order valence-corrected chi connectivity index (χ3v) is 7.23. The van der Waals surface area contributed by atoms with Gasteiger partial charge < -0.3 is 24.8 Å². The van der Waals surface area contributed by atoms with E-state index in [0.29, 0.717) is 11.3 Å². The Bertz CT molecular complexity index is 1970. The lowest BCUT2D eigenvalue weighted by Gasteiger charge is -2.21. The molecule has 51 heavy (non-hydrogen) atoms. The predicted octanol–water partition coefficient (Wildman–Crippen LogP) is 6.48. The number of carboxylic acids is 1. The quantitative estimate of drug-likeness (QED) is 0.0865. The van der Waals surface area contributed by atoms with Gasteiger partial charge in [0.25, 0.3) is 5.91 Å². The fourth-order valence-electron chi connectivity index (χ4n) is 4.77. The molecule has 0 radical (unpaired) electrons. The van der Waals surface area contributed by atoms with Crippen LogP contribution in [0.15, 0.2) is 121 Å². The van der Waals surface area contributed by atoms with Gasteiger partial charge in [0.05, 0.1) is 30.3 Å². The number of halogens is 3. The number of nitrogens with zero attached hydrogens (tertiary/aromatic N) is 3. The largest absolute Gasteiger partial charge is 0.497 e. The lowest BCUT2D eigenvalue weighted by Crippen LogP contribution is -2.36. The zero-order chi connectivity index (χ0) is 37.1. The zero-order valence-electron chi connectivity index (χ0n) is 27.5. The Hall–Kier alpha value is -6.44. The first-order valence-corrected chi connectivity index (χ1v) is 15.3. The van der Waals surface area contributed by atoms with Crippen molar-refractivity contribution in [2.24, 2.45) is 0 Å². The van der Waals surface area contributed by atoms with Crippen molar-refractivity contribution in [1.29, 1.82) is 0 Å². The molecule has 0 saturated heterocycles. The molecule has 0 atom stereocenters. The minimum absolute atomic E-state index is 0.00345. The van der Waals surface area contributed by atoms with Gasteiger partial charge in [0, 0.05) is 30.2 Å². The van der Waals surface area contributed by atoms with Crippen molar-refractivity contribution < 1.29 is 46.9 Å². The molecular weight excluding hydrogens is 669 g/mol. The number of rotatable bonds is 14. The molecule has 4 rings (SSSR count). The number of allylic oxidation sites excluding steroid dienone is 2. The highest BCUT2D eigenvalue weighted by Crippen LogP contribution is 2.34. The number of ether oxygens (including phenoxy) is 2. The summed E-state index contributed by atoms with van der Waals surface area (Å²) in [6, 6.07) is 17.2. The third kappa shape index (κ3) is 10.5. The second-order valence-electron chi connectivity index (χ2n) is 11.0. The van der Waals surface area contributed by atoms with E-state index < -0.39 is 48.5 Å². The van der Waals surface area contributed by atoms with Crippen molar-refractivity contribution in [1.82, 2.24) is 14.7 Å². The molecule has 3 aromatic carbocycles. The number of alkyl halides is 3. The number of aromatic nitrogens is 2. The summed E-state index contributed by atoms with van der Waals surface area (Å²) in [5.41, 5.74) is 0.312. The molecule has 0 unspecified atom stereocenters. The highest BCUT2D eigenvalue weighted by molar-refractivity contribution is 5.97. The number of esters is 1. The summed E-state index contributed by atoms with van der Waals surface area (Å²) in [7, 11) is 1.23. The monoisotopic (exact) mass is 702 g/mol. The SMILES string of the molecule is C=C(/C=C\C(=C/C)OC(=O)c1cccc(-n2cccn2)c1)CN(CC(=O)O)C(=O)c1ccc(NC(=O)Cc2ccc(OC)cc2C(F)(F)F)cc1. The lowest BCUT2D eigenvalue weighted by atomic mass is 10.0. The van der Waals surface area contributed by atoms with Gasteiger partial charge in [0.2, 0.25) is 5.91 Å². The summed E-state index contributed by atoms with van der Waals surface area (Å²) in [4.78, 5) is 51.4. The highest BCUT2D eigenvalue weighted by atomic mass is 19.4. The molecule has 0 aliphatic rings. The number of benzene rings is 3. The van der Waals surface area contributed by atoms with Crippen molar-refractivity contribution in [3.63, 3.8) is 0 Å². The number of hydrogen-bond acceptors (Lipinski definition) is 7. The molecular formula is C37H33F3N4O7. The third-order valence-electron chi connectivity index (χ3n) is 7.23. The molecule has 264 valence electrons. The van der Waals surface area contributed by atoms with Gasteiger partial charge in [-0.05, 0) is 90.9 Å². The van der Waals surface area contributed by atoms with Gasteiger partial charge >= 0.3 is 18.1 Å². The molecule has 1 aromatic heterocycles. The van der Waals surface area contributed by atoms with Crippen LogP contribution in [-0.2, 0) is 26.9 Å². The molecule has 0 aliphatic carbocycles. The Balaban J connectivity index is 1.37. The Morgan fingerprint density at radius 2 is 1.73 bits per heavy atom. The smallest absolute Gasteiger partial charge is 0.416 e. The van der Waals surface area contributed by atoms with Crippen molar-refractivity contribution in [2.45, 2.75) is 19.5 Å². The fraction of sp³-hybridized carbons (Fsp3) is 0.162. The zero-order valence-corrected chi connectivity index (χ0v) is 27.5.